The molecule has 2 rings (SSSR count). The maximum absolute atomic E-state index is 3.70. The van der Waals surface area contributed by atoms with Gasteiger partial charge in [-0.3, -0.25) is 0 Å². The molecular weight excluding hydrogens is 160 g/mol. The lowest BCUT2D eigenvalue weighted by molar-refractivity contribution is 0.335. The summed E-state index contributed by atoms with van der Waals surface area (Å²) in [5.74, 6) is 0.984. The molecule has 1 aliphatic carbocycles. The molecule has 13 heavy (non-hydrogen) atoms. The molecule has 1 saturated carbocycles. The first-order valence-electron chi connectivity index (χ1n) is 5.68. The number of nitrogens with one attached hydrogen (secondary N) is 2. The van der Waals surface area contributed by atoms with E-state index in [9.17, 15) is 0 Å². The van der Waals surface area contributed by atoms with Crippen molar-refractivity contribution in [2.24, 2.45) is 11.3 Å². The first-order valence-corrected chi connectivity index (χ1v) is 5.68. The molecule has 0 radical (unpaired) electrons. The highest BCUT2D eigenvalue weighted by molar-refractivity contribution is 4.95. The van der Waals surface area contributed by atoms with Gasteiger partial charge in [0, 0.05) is 19.1 Å². The number of hydrogen-bond donors (Lipinski definition) is 2. The Morgan fingerprint density at radius 1 is 1.54 bits per heavy atom. The Bertz CT molecular complexity index is 173. The zero-order valence-electron chi connectivity index (χ0n) is 8.90. The predicted molar refractivity (Wildman–Crippen MR) is 55.8 cm³/mol. The molecule has 0 aromatic rings. The molecule has 0 amide bonds. The minimum absolute atomic E-state index is 0.529. The Balaban J connectivity index is 1.67. The summed E-state index contributed by atoms with van der Waals surface area (Å²) in [7, 11) is 0. The van der Waals surface area contributed by atoms with Crippen LogP contribution in [0.15, 0.2) is 0 Å². The third kappa shape index (κ3) is 2.23. The molecule has 0 spiro atoms. The molecule has 1 saturated heterocycles. The number of hydrogen-bond acceptors (Lipinski definition) is 2. The average molecular weight is 182 g/mol. The van der Waals surface area contributed by atoms with Gasteiger partial charge in [-0.2, -0.15) is 0 Å². The van der Waals surface area contributed by atoms with Gasteiger partial charge in [-0.25, -0.2) is 0 Å². The van der Waals surface area contributed by atoms with E-state index in [-0.39, 0.29) is 0 Å². The van der Waals surface area contributed by atoms with Crippen LogP contribution in [0.1, 0.15) is 33.1 Å². The van der Waals surface area contributed by atoms with Gasteiger partial charge in [0.1, 0.15) is 0 Å². The van der Waals surface area contributed by atoms with Crippen LogP contribution in [-0.4, -0.2) is 25.7 Å². The van der Waals surface area contributed by atoms with Crippen molar-refractivity contribution in [1.29, 1.82) is 0 Å². The quantitative estimate of drug-likeness (QED) is 0.686. The lowest BCUT2D eigenvalue weighted by Gasteiger charge is -2.23. The third-order valence-electron chi connectivity index (χ3n) is 3.70. The van der Waals surface area contributed by atoms with Crippen LogP contribution >= 0.6 is 0 Å². The van der Waals surface area contributed by atoms with E-state index in [1.807, 2.05) is 0 Å². The van der Waals surface area contributed by atoms with E-state index in [0.717, 1.165) is 12.0 Å². The fourth-order valence-corrected chi connectivity index (χ4v) is 2.35. The van der Waals surface area contributed by atoms with Crippen LogP contribution in [-0.2, 0) is 0 Å². The molecule has 2 N–H and O–H groups in total. The molecule has 2 aliphatic rings. The van der Waals surface area contributed by atoms with E-state index in [4.69, 9.17) is 0 Å². The maximum atomic E-state index is 3.70. The van der Waals surface area contributed by atoms with Crippen molar-refractivity contribution in [2.45, 2.75) is 39.2 Å². The molecule has 3 unspecified atom stereocenters. The molecular formula is C11H22N2. The second-order valence-corrected chi connectivity index (χ2v) is 5.13. The molecule has 0 aromatic carbocycles. The van der Waals surface area contributed by atoms with Gasteiger partial charge in [-0.1, -0.05) is 20.3 Å². The lowest BCUT2D eigenvalue weighted by Crippen LogP contribution is -2.35. The summed E-state index contributed by atoms with van der Waals surface area (Å²) in [6.45, 7) is 8.30. The van der Waals surface area contributed by atoms with Gasteiger partial charge < -0.3 is 10.6 Å². The first-order chi connectivity index (χ1) is 6.23. The van der Waals surface area contributed by atoms with Crippen molar-refractivity contribution in [3.05, 3.63) is 0 Å². The maximum Gasteiger partial charge on any atom is 0.00992 e. The largest absolute Gasteiger partial charge is 0.316 e. The van der Waals surface area contributed by atoms with Crippen molar-refractivity contribution in [3.8, 4) is 0 Å². The van der Waals surface area contributed by atoms with Gasteiger partial charge in [-0.05, 0) is 30.7 Å². The second kappa shape index (κ2) is 3.58. The van der Waals surface area contributed by atoms with E-state index in [1.54, 1.807) is 0 Å². The standard InChI is InChI=1S/C11H22N2/c1-3-9-6-10(9)13-8-11(2)4-5-12-7-11/h9-10,12-13H,3-8H2,1-2H3. The smallest absolute Gasteiger partial charge is 0.00992 e. The van der Waals surface area contributed by atoms with Gasteiger partial charge in [-0.15, -0.1) is 0 Å². The lowest BCUT2D eigenvalue weighted by atomic mass is 9.90. The monoisotopic (exact) mass is 182 g/mol. The summed E-state index contributed by atoms with van der Waals surface area (Å²) in [4.78, 5) is 0. The van der Waals surface area contributed by atoms with Crippen LogP contribution in [0.2, 0.25) is 0 Å². The molecule has 0 bridgehead atoms. The van der Waals surface area contributed by atoms with E-state index in [1.165, 1.54) is 38.9 Å². The Labute approximate surface area is 81.5 Å². The molecule has 0 aromatic heterocycles. The van der Waals surface area contributed by atoms with E-state index in [0.29, 0.717) is 5.41 Å². The summed E-state index contributed by atoms with van der Waals surface area (Å²) in [6.07, 6.45) is 4.11. The SMILES string of the molecule is CCC1CC1NCC1(C)CCNC1. The number of rotatable bonds is 4. The molecule has 3 atom stereocenters. The van der Waals surface area contributed by atoms with Crippen molar-refractivity contribution in [1.82, 2.24) is 10.6 Å². The topological polar surface area (TPSA) is 24.1 Å². The van der Waals surface area contributed by atoms with Gasteiger partial charge >= 0.3 is 0 Å². The highest BCUT2D eigenvalue weighted by Gasteiger charge is 2.37. The summed E-state index contributed by atoms with van der Waals surface area (Å²) >= 11 is 0. The summed E-state index contributed by atoms with van der Waals surface area (Å²) in [5, 5.41) is 7.14. The van der Waals surface area contributed by atoms with E-state index < -0.39 is 0 Å². The van der Waals surface area contributed by atoms with Crippen LogP contribution in [0, 0.1) is 11.3 Å². The normalized spacial score (nSPS) is 43.8. The fraction of sp³-hybridized carbons (Fsp3) is 1.00. The highest BCUT2D eigenvalue weighted by atomic mass is 15.0. The Morgan fingerprint density at radius 2 is 2.38 bits per heavy atom. The van der Waals surface area contributed by atoms with Crippen molar-refractivity contribution >= 4 is 0 Å². The Kier molecular flexibility index (Phi) is 2.61. The van der Waals surface area contributed by atoms with E-state index in [2.05, 4.69) is 24.5 Å². The van der Waals surface area contributed by atoms with Crippen molar-refractivity contribution < 1.29 is 0 Å². The molecule has 2 nitrogen and oxygen atoms in total. The molecule has 2 heteroatoms. The Hall–Kier alpha value is -0.0800. The van der Waals surface area contributed by atoms with Crippen LogP contribution in [0.4, 0.5) is 0 Å². The molecule has 1 aliphatic heterocycles. The van der Waals surface area contributed by atoms with Gasteiger partial charge in [0.15, 0.2) is 0 Å². The minimum Gasteiger partial charge on any atom is -0.316 e. The third-order valence-corrected chi connectivity index (χ3v) is 3.70. The summed E-state index contributed by atoms with van der Waals surface area (Å²) in [6, 6.07) is 0.849. The van der Waals surface area contributed by atoms with Crippen molar-refractivity contribution in [2.75, 3.05) is 19.6 Å². The Morgan fingerprint density at radius 3 is 2.92 bits per heavy atom. The minimum atomic E-state index is 0.529. The highest BCUT2D eigenvalue weighted by Crippen LogP contribution is 2.34. The van der Waals surface area contributed by atoms with Gasteiger partial charge in [0.2, 0.25) is 0 Å². The van der Waals surface area contributed by atoms with Crippen LogP contribution in [0.5, 0.6) is 0 Å². The predicted octanol–water partition coefficient (Wildman–Crippen LogP) is 1.37. The summed E-state index contributed by atoms with van der Waals surface area (Å²) < 4.78 is 0. The summed E-state index contributed by atoms with van der Waals surface area (Å²) in [5.41, 5.74) is 0.529. The molecule has 2 fully saturated rings. The second-order valence-electron chi connectivity index (χ2n) is 5.13. The zero-order chi connectivity index (χ0) is 9.31. The zero-order valence-corrected chi connectivity index (χ0v) is 8.90. The first kappa shape index (κ1) is 9.47. The van der Waals surface area contributed by atoms with Gasteiger partial charge in [0.25, 0.3) is 0 Å². The van der Waals surface area contributed by atoms with Crippen LogP contribution in [0.3, 0.4) is 0 Å². The fourth-order valence-electron chi connectivity index (χ4n) is 2.35. The van der Waals surface area contributed by atoms with Gasteiger partial charge in [0.05, 0.1) is 0 Å². The van der Waals surface area contributed by atoms with Crippen molar-refractivity contribution in [3.63, 3.8) is 0 Å². The van der Waals surface area contributed by atoms with Crippen LogP contribution in [0.25, 0.3) is 0 Å². The average Bonchev–Trinajstić information content (AvgIpc) is 2.78. The molecule has 1 heterocycles. The van der Waals surface area contributed by atoms with E-state index >= 15 is 0 Å². The van der Waals surface area contributed by atoms with Crippen LogP contribution < -0.4 is 10.6 Å². The molecule has 76 valence electrons.